The van der Waals surface area contributed by atoms with Crippen LogP contribution in [0.15, 0.2) is 42.7 Å². The third-order valence-electron chi connectivity index (χ3n) is 2.62. The van der Waals surface area contributed by atoms with Gasteiger partial charge in [-0.05, 0) is 59.9 Å². The van der Waals surface area contributed by atoms with Crippen LogP contribution in [-0.2, 0) is 0 Å². The van der Waals surface area contributed by atoms with Crippen molar-refractivity contribution in [2.45, 2.75) is 0 Å². The molecule has 0 heterocycles. The van der Waals surface area contributed by atoms with Crippen molar-refractivity contribution in [3.05, 3.63) is 53.4 Å². The number of nitro groups is 1. The van der Waals surface area contributed by atoms with Crippen LogP contribution in [-0.4, -0.2) is 21.4 Å². The van der Waals surface area contributed by atoms with Gasteiger partial charge in [0.05, 0.1) is 15.1 Å². The molecule has 22 heavy (non-hydrogen) atoms. The number of hydrogen-bond acceptors (Lipinski definition) is 5. The average Bonchev–Trinajstić information content (AvgIpc) is 2.41. The summed E-state index contributed by atoms with van der Waals surface area (Å²) in [6.45, 7) is 0. The van der Waals surface area contributed by atoms with Gasteiger partial charge in [-0.2, -0.15) is 0 Å². The predicted molar refractivity (Wildman–Crippen MR) is 93.2 cm³/mol. The lowest BCUT2D eigenvalue weighted by Crippen LogP contribution is -1.92. The van der Waals surface area contributed by atoms with E-state index in [1.807, 2.05) is 0 Å². The maximum absolute atomic E-state index is 10.9. The molecule has 0 saturated heterocycles. The highest BCUT2D eigenvalue weighted by atomic mass is 79.9. The third-order valence-corrected chi connectivity index (χ3v) is 4.44. The van der Waals surface area contributed by atoms with E-state index >= 15 is 0 Å². The zero-order valence-corrected chi connectivity index (χ0v) is 15.4. The van der Waals surface area contributed by atoms with Gasteiger partial charge in [0, 0.05) is 32.9 Å². The minimum Gasteiger partial charge on any atom is -0.508 e. The zero-order valence-electron chi connectivity index (χ0n) is 10.6. The molecule has 0 fully saturated rings. The van der Waals surface area contributed by atoms with E-state index < -0.39 is 4.92 Å². The van der Waals surface area contributed by atoms with E-state index in [-0.39, 0.29) is 27.2 Å². The lowest BCUT2D eigenvalue weighted by atomic mass is 10.2. The molecule has 0 aromatic heterocycles. The standard InChI is InChI=1S/C13H7Br3N2O4/c14-9-3-8(19)4-10(15)12(9)17-5-6-1-7(18(21)22)2-11(16)13(6)20/h1-5,19-20H. The number of non-ortho nitro benzene ring substituents is 1. The first-order valence-electron chi connectivity index (χ1n) is 5.68. The van der Waals surface area contributed by atoms with Gasteiger partial charge in [-0.1, -0.05) is 0 Å². The first kappa shape index (κ1) is 16.9. The Hall–Kier alpha value is -1.45. The van der Waals surface area contributed by atoms with E-state index in [1.165, 1.54) is 30.5 Å². The summed E-state index contributed by atoms with van der Waals surface area (Å²) < 4.78 is 1.26. The molecule has 2 N–H and O–H groups in total. The van der Waals surface area contributed by atoms with Crippen molar-refractivity contribution in [2.75, 3.05) is 0 Å². The summed E-state index contributed by atoms with van der Waals surface area (Å²) in [7, 11) is 0. The summed E-state index contributed by atoms with van der Waals surface area (Å²) in [5, 5.41) is 30.2. The number of benzene rings is 2. The highest BCUT2D eigenvalue weighted by Gasteiger charge is 2.14. The largest absolute Gasteiger partial charge is 0.508 e. The minimum atomic E-state index is -0.562. The Labute approximate surface area is 150 Å². The van der Waals surface area contributed by atoms with Gasteiger partial charge in [-0.15, -0.1) is 0 Å². The quantitative estimate of drug-likeness (QED) is 0.355. The molecule has 0 spiro atoms. The normalized spacial score (nSPS) is 11.0. The molecular weight excluding hydrogens is 488 g/mol. The first-order valence-corrected chi connectivity index (χ1v) is 8.06. The van der Waals surface area contributed by atoms with Crippen LogP contribution in [0.4, 0.5) is 11.4 Å². The third kappa shape index (κ3) is 3.65. The maximum Gasteiger partial charge on any atom is 0.271 e. The fourth-order valence-corrected chi connectivity index (χ4v) is 3.45. The van der Waals surface area contributed by atoms with E-state index in [1.54, 1.807) is 0 Å². The summed E-state index contributed by atoms with van der Waals surface area (Å²) in [6, 6.07) is 5.34. The van der Waals surface area contributed by atoms with Crippen molar-refractivity contribution in [1.29, 1.82) is 0 Å². The van der Waals surface area contributed by atoms with Crippen molar-refractivity contribution in [2.24, 2.45) is 4.99 Å². The van der Waals surface area contributed by atoms with E-state index in [4.69, 9.17) is 0 Å². The molecule has 0 aliphatic heterocycles. The molecule has 0 amide bonds. The zero-order chi connectivity index (χ0) is 16.4. The number of phenols is 2. The molecule has 0 radical (unpaired) electrons. The average molecular weight is 495 g/mol. The number of phenolic OH excluding ortho intramolecular Hbond substituents is 2. The van der Waals surface area contributed by atoms with Crippen molar-refractivity contribution >= 4 is 65.4 Å². The molecule has 6 nitrogen and oxygen atoms in total. The minimum absolute atomic E-state index is 0.0543. The molecule has 0 aliphatic carbocycles. The van der Waals surface area contributed by atoms with Crippen LogP contribution in [0, 0.1) is 10.1 Å². The number of nitrogens with zero attached hydrogens (tertiary/aromatic N) is 2. The summed E-state index contributed by atoms with van der Waals surface area (Å²) in [6.07, 6.45) is 1.30. The summed E-state index contributed by atoms with van der Waals surface area (Å²) in [4.78, 5) is 14.5. The van der Waals surface area contributed by atoms with Crippen molar-refractivity contribution in [3.8, 4) is 11.5 Å². The summed E-state index contributed by atoms with van der Waals surface area (Å²) >= 11 is 9.58. The molecule has 2 rings (SSSR count). The van der Waals surface area contributed by atoms with Gasteiger partial charge in [-0.25, -0.2) is 0 Å². The summed E-state index contributed by atoms with van der Waals surface area (Å²) in [5.74, 6) is -0.0981. The monoisotopic (exact) mass is 492 g/mol. The van der Waals surface area contributed by atoms with E-state index in [0.29, 0.717) is 14.6 Å². The van der Waals surface area contributed by atoms with E-state index in [0.717, 1.165) is 0 Å². The SMILES string of the molecule is O=[N+]([O-])c1cc(Br)c(O)c(C=Nc2c(Br)cc(O)cc2Br)c1. The Balaban J connectivity index is 2.49. The van der Waals surface area contributed by atoms with Crippen LogP contribution in [0.3, 0.4) is 0 Å². The number of halogens is 3. The van der Waals surface area contributed by atoms with Crippen LogP contribution >= 0.6 is 47.8 Å². The Morgan fingerprint density at radius 1 is 1.05 bits per heavy atom. The van der Waals surface area contributed by atoms with Gasteiger partial charge in [0.15, 0.2) is 0 Å². The molecule has 0 unspecified atom stereocenters. The van der Waals surface area contributed by atoms with Gasteiger partial charge in [-0.3, -0.25) is 15.1 Å². The molecule has 2 aromatic rings. The smallest absolute Gasteiger partial charge is 0.271 e. The second-order valence-corrected chi connectivity index (χ2v) is 6.70. The van der Waals surface area contributed by atoms with Gasteiger partial charge in [0.1, 0.15) is 11.5 Å². The van der Waals surface area contributed by atoms with Crippen molar-refractivity contribution < 1.29 is 15.1 Å². The van der Waals surface area contributed by atoms with Crippen LogP contribution in [0.1, 0.15) is 5.56 Å². The van der Waals surface area contributed by atoms with Gasteiger partial charge in [0.2, 0.25) is 0 Å². The van der Waals surface area contributed by atoms with Crippen LogP contribution in [0.5, 0.6) is 11.5 Å². The fourth-order valence-electron chi connectivity index (χ4n) is 1.62. The first-order chi connectivity index (χ1) is 10.3. The van der Waals surface area contributed by atoms with Gasteiger partial charge < -0.3 is 10.2 Å². The van der Waals surface area contributed by atoms with Gasteiger partial charge >= 0.3 is 0 Å². The fraction of sp³-hybridized carbons (Fsp3) is 0. The number of aromatic hydroxyl groups is 2. The molecule has 0 aliphatic rings. The van der Waals surface area contributed by atoms with Crippen LogP contribution in [0.25, 0.3) is 0 Å². The number of aliphatic imine (C=N–C) groups is 1. The van der Waals surface area contributed by atoms with Crippen LogP contribution in [0.2, 0.25) is 0 Å². The Kier molecular flexibility index (Phi) is 5.20. The van der Waals surface area contributed by atoms with Crippen molar-refractivity contribution in [3.63, 3.8) is 0 Å². The highest BCUT2D eigenvalue weighted by Crippen LogP contribution is 2.38. The second-order valence-electron chi connectivity index (χ2n) is 4.14. The predicted octanol–water partition coefficient (Wildman–Crippen LogP) is 5.04. The van der Waals surface area contributed by atoms with E-state index in [9.17, 15) is 20.3 Å². The molecule has 0 saturated carbocycles. The number of nitro benzene ring substituents is 1. The molecule has 0 atom stereocenters. The lowest BCUT2D eigenvalue weighted by Gasteiger charge is -2.04. The lowest BCUT2D eigenvalue weighted by molar-refractivity contribution is -0.385. The second kappa shape index (κ2) is 6.76. The molecule has 0 bridgehead atoms. The summed E-state index contributed by atoms with van der Waals surface area (Å²) in [5.41, 5.74) is 0.489. The molecule has 9 heteroatoms. The molecular formula is C13H7Br3N2O4. The number of rotatable bonds is 3. The van der Waals surface area contributed by atoms with Crippen molar-refractivity contribution in [1.82, 2.24) is 0 Å². The van der Waals surface area contributed by atoms with Gasteiger partial charge in [0.25, 0.3) is 5.69 Å². The Morgan fingerprint density at radius 3 is 2.18 bits per heavy atom. The Morgan fingerprint density at radius 2 is 1.64 bits per heavy atom. The number of hydrogen-bond donors (Lipinski definition) is 2. The highest BCUT2D eigenvalue weighted by molar-refractivity contribution is 9.11. The van der Waals surface area contributed by atoms with Crippen LogP contribution < -0.4 is 0 Å². The topological polar surface area (TPSA) is 96.0 Å². The molecule has 114 valence electrons. The maximum atomic E-state index is 10.9. The Bertz CT molecular complexity index is 770. The molecule has 2 aromatic carbocycles. The van der Waals surface area contributed by atoms with E-state index in [2.05, 4.69) is 52.8 Å².